The standard InChI is InChI=1S/C10H11N3O2/c11-5-7-1-2-12-9(3-7)13-6-8(14)4-10(13)15/h1-3H,4-6,11H2. The van der Waals surface area contributed by atoms with Crippen molar-refractivity contribution in [1.82, 2.24) is 4.98 Å². The molecule has 0 aliphatic carbocycles. The van der Waals surface area contributed by atoms with Crippen LogP contribution in [0.25, 0.3) is 0 Å². The van der Waals surface area contributed by atoms with Gasteiger partial charge in [0.1, 0.15) is 5.82 Å². The molecule has 2 rings (SSSR count). The van der Waals surface area contributed by atoms with E-state index >= 15 is 0 Å². The van der Waals surface area contributed by atoms with Gasteiger partial charge in [-0.05, 0) is 17.7 Å². The Balaban J connectivity index is 2.29. The van der Waals surface area contributed by atoms with Crippen LogP contribution in [0.15, 0.2) is 18.3 Å². The van der Waals surface area contributed by atoms with Gasteiger partial charge >= 0.3 is 0 Å². The number of anilines is 1. The van der Waals surface area contributed by atoms with Crippen LogP contribution in [0.1, 0.15) is 12.0 Å². The maximum Gasteiger partial charge on any atom is 0.236 e. The maximum absolute atomic E-state index is 11.4. The van der Waals surface area contributed by atoms with Gasteiger partial charge in [-0.15, -0.1) is 0 Å². The second-order valence-electron chi connectivity index (χ2n) is 3.42. The van der Waals surface area contributed by atoms with Crippen LogP contribution in [0.3, 0.4) is 0 Å². The summed E-state index contributed by atoms with van der Waals surface area (Å²) in [6.45, 7) is 0.519. The van der Waals surface area contributed by atoms with Gasteiger partial charge in [-0.25, -0.2) is 4.98 Å². The lowest BCUT2D eigenvalue weighted by Crippen LogP contribution is -2.25. The number of pyridine rings is 1. The minimum atomic E-state index is -0.193. The van der Waals surface area contributed by atoms with Gasteiger partial charge in [-0.3, -0.25) is 14.5 Å². The van der Waals surface area contributed by atoms with Gasteiger partial charge in [0.2, 0.25) is 5.91 Å². The number of amides is 1. The monoisotopic (exact) mass is 205 g/mol. The van der Waals surface area contributed by atoms with Crippen molar-refractivity contribution in [1.29, 1.82) is 0 Å². The van der Waals surface area contributed by atoms with Crippen molar-refractivity contribution in [2.24, 2.45) is 5.73 Å². The zero-order valence-corrected chi connectivity index (χ0v) is 8.14. The van der Waals surface area contributed by atoms with Gasteiger partial charge in [0, 0.05) is 12.7 Å². The summed E-state index contributed by atoms with van der Waals surface area (Å²) in [5.74, 6) is 0.246. The van der Waals surface area contributed by atoms with E-state index in [1.165, 1.54) is 4.90 Å². The number of carbonyl (C=O) groups excluding carboxylic acids is 2. The summed E-state index contributed by atoms with van der Waals surface area (Å²) in [5.41, 5.74) is 6.38. The molecule has 2 N–H and O–H groups in total. The first-order valence-corrected chi connectivity index (χ1v) is 4.68. The highest BCUT2D eigenvalue weighted by Crippen LogP contribution is 2.17. The summed E-state index contributed by atoms with van der Waals surface area (Å²) in [6, 6.07) is 3.52. The third-order valence-corrected chi connectivity index (χ3v) is 2.31. The van der Waals surface area contributed by atoms with E-state index in [0.29, 0.717) is 12.4 Å². The van der Waals surface area contributed by atoms with Crippen molar-refractivity contribution in [3.8, 4) is 0 Å². The average molecular weight is 205 g/mol. The predicted octanol–water partition coefficient (Wildman–Crippen LogP) is -0.154. The summed E-state index contributed by atoms with van der Waals surface area (Å²) in [7, 11) is 0. The molecule has 1 amide bonds. The van der Waals surface area contributed by atoms with E-state index in [0.717, 1.165) is 5.56 Å². The Labute approximate surface area is 86.9 Å². The molecule has 0 spiro atoms. The van der Waals surface area contributed by atoms with E-state index in [4.69, 9.17) is 5.73 Å². The van der Waals surface area contributed by atoms with Crippen LogP contribution in [0, 0.1) is 0 Å². The van der Waals surface area contributed by atoms with Crippen molar-refractivity contribution in [3.05, 3.63) is 23.9 Å². The number of nitrogens with zero attached hydrogens (tertiary/aromatic N) is 2. The van der Waals surface area contributed by atoms with E-state index in [1.54, 1.807) is 18.3 Å². The van der Waals surface area contributed by atoms with Crippen LogP contribution < -0.4 is 10.6 Å². The molecule has 1 aliphatic heterocycles. The van der Waals surface area contributed by atoms with Crippen LogP contribution in [-0.2, 0) is 16.1 Å². The zero-order chi connectivity index (χ0) is 10.8. The third-order valence-electron chi connectivity index (χ3n) is 2.31. The second kappa shape index (κ2) is 3.78. The highest BCUT2D eigenvalue weighted by molar-refractivity contribution is 6.14. The number of rotatable bonds is 2. The lowest BCUT2D eigenvalue weighted by atomic mass is 10.2. The molecule has 0 aromatic carbocycles. The maximum atomic E-state index is 11.4. The molecule has 1 saturated heterocycles. The van der Waals surface area contributed by atoms with Crippen LogP contribution in [0.5, 0.6) is 0 Å². The van der Waals surface area contributed by atoms with E-state index in [9.17, 15) is 9.59 Å². The molecular weight excluding hydrogens is 194 g/mol. The van der Waals surface area contributed by atoms with Crippen molar-refractivity contribution in [2.75, 3.05) is 11.4 Å². The Kier molecular flexibility index (Phi) is 2.47. The van der Waals surface area contributed by atoms with Crippen LogP contribution in [0.4, 0.5) is 5.82 Å². The molecule has 0 saturated carbocycles. The zero-order valence-electron chi connectivity index (χ0n) is 8.14. The van der Waals surface area contributed by atoms with E-state index in [-0.39, 0.29) is 24.7 Å². The topological polar surface area (TPSA) is 76.3 Å². The predicted molar refractivity (Wildman–Crippen MR) is 54.1 cm³/mol. The Morgan fingerprint density at radius 1 is 1.47 bits per heavy atom. The number of Topliss-reactive ketones (excluding diaryl/α,β-unsaturated/α-hetero) is 1. The Bertz CT molecular complexity index is 417. The molecule has 0 bridgehead atoms. The molecule has 0 unspecified atom stereocenters. The molecule has 78 valence electrons. The molecule has 5 heteroatoms. The number of hydrogen-bond acceptors (Lipinski definition) is 4. The third kappa shape index (κ3) is 1.87. The summed E-state index contributed by atoms with van der Waals surface area (Å²) in [5, 5.41) is 0. The van der Waals surface area contributed by atoms with Gasteiger partial charge in [-0.1, -0.05) is 0 Å². The van der Waals surface area contributed by atoms with Crippen molar-refractivity contribution in [3.63, 3.8) is 0 Å². The van der Waals surface area contributed by atoms with Crippen LogP contribution in [0.2, 0.25) is 0 Å². The normalized spacial score (nSPS) is 16.2. The highest BCUT2D eigenvalue weighted by atomic mass is 16.2. The second-order valence-corrected chi connectivity index (χ2v) is 3.42. The molecule has 0 atom stereocenters. The van der Waals surface area contributed by atoms with Crippen molar-refractivity contribution < 1.29 is 9.59 Å². The van der Waals surface area contributed by atoms with E-state index in [2.05, 4.69) is 4.98 Å². The number of hydrogen-bond donors (Lipinski definition) is 1. The fourth-order valence-corrected chi connectivity index (χ4v) is 1.53. The Morgan fingerprint density at radius 3 is 2.87 bits per heavy atom. The van der Waals surface area contributed by atoms with Gasteiger partial charge in [0.05, 0.1) is 13.0 Å². The first-order chi connectivity index (χ1) is 7.20. The van der Waals surface area contributed by atoms with E-state index in [1.807, 2.05) is 0 Å². The molecular formula is C10H11N3O2. The molecule has 2 heterocycles. The van der Waals surface area contributed by atoms with Gasteiger partial charge in [-0.2, -0.15) is 0 Å². The Morgan fingerprint density at radius 2 is 2.27 bits per heavy atom. The average Bonchev–Trinajstić information content (AvgIpc) is 2.58. The lowest BCUT2D eigenvalue weighted by Gasteiger charge is -2.13. The van der Waals surface area contributed by atoms with Crippen LogP contribution >= 0.6 is 0 Å². The SMILES string of the molecule is NCc1ccnc(N2CC(=O)CC2=O)c1. The number of carbonyl (C=O) groups is 2. The van der Waals surface area contributed by atoms with Crippen molar-refractivity contribution >= 4 is 17.5 Å². The quantitative estimate of drug-likeness (QED) is 0.681. The minimum Gasteiger partial charge on any atom is -0.326 e. The summed E-state index contributed by atoms with van der Waals surface area (Å²) in [6.07, 6.45) is 1.57. The fourth-order valence-electron chi connectivity index (χ4n) is 1.53. The summed E-state index contributed by atoms with van der Waals surface area (Å²) < 4.78 is 0. The molecule has 1 aromatic rings. The largest absolute Gasteiger partial charge is 0.326 e. The Hall–Kier alpha value is -1.75. The summed E-state index contributed by atoms with van der Waals surface area (Å²) >= 11 is 0. The van der Waals surface area contributed by atoms with Gasteiger partial charge in [0.25, 0.3) is 0 Å². The number of ketones is 1. The molecule has 0 radical (unpaired) electrons. The lowest BCUT2D eigenvalue weighted by molar-refractivity contribution is -0.121. The molecule has 1 aromatic heterocycles. The first-order valence-electron chi connectivity index (χ1n) is 4.68. The smallest absolute Gasteiger partial charge is 0.236 e. The molecule has 1 fully saturated rings. The minimum absolute atomic E-state index is 0.0193. The highest BCUT2D eigenvalue weighted by Gasteiger charge is 2.29. The molecule has 5 nitrogen and oxygen atoms in total. The fraction of sp³-hybridized carbons (Fsp3) is 0.300. The van der Waals surface area contributed by atoms with Crippen molar-refractivity contribution in [2.45, 2.75) is 13.0 Å². The summed E-state index contributed by atoms with van der Waals surface area (Å²) in [4.78, 5) is 27.9. The first kappa shape index (κ1) is 9.79. The van der Waals surface area contributed by atoms with E-state index < -0.39 is 0 Å². The molecule has 1 aliphatic rings. The van der Waals surface area contributed by atoms with Gasteiger partial charge < -0.3 is 5.73 Å². The van der Waals surface area contributed by atoms with Gasteiger partial charge in [0.15, 0.2) is 5.78 Å². The molecule has 15 heavy (non-hydrogen) atoms. The van der Waals surface area contributed by atoms with Crippen LogP contribution in [-0.4, -0.2) is 23.2 Å². The number of nitrogens with two attached hydrogens (primary N) is 1. The number of aromatic nitrogens is 1.